The van der Waals surface area contributed by atoms with Gasteiger partial charge in [-0.25, -0.2) is 0 Å². The molecular weight excluding hydrogens is 182 g/mol. The maximum Gasteiger partial charge on any atom is 0.0915 e. The van der Waals surface area contributed by atoms with Gasteiger partial charge in [-0.15, -0.1) is 0 Å². The molecule has 0 aliphatic carbocycles. The zero-order valence-electron chi connectivity index (χ0n) is 7.42. The van der Waals surface area contributed by atoms with Crippen LogP contribution in [0.25, 0.3) is 5.57 Å². The van der Waals surface area contributed by atoms with Crippen molar-refractivity contribution in [2.45, 2.75) is 13.3 Å². The lowest BCUT2D eigenvalue weighted by Crippen LogP contribution is -1.81. The van der Waals surface area contributed by atoms with Crippen LogP contribution < -0.4 is 0 Å². The third-order valence-corrected chi connectivity index (χ3v) is 2.09. The van der Waals surface area contributed by atoms with Crippen LogP contribution in [0, 0.1) is 11.3 Å². The van der Waals surface area contributed by atoms with Crippen LogP contribution >= 0.6 is 11.6 Å². The molecule has 13 heavy (non-hydrogen) atoms. The van der Waals surface area contributed by atoms with Crippen molar-refractivity contribution in [1.82, 2.24) is 0 Å². The Morgan fingerprint density at radius 3 is 2.54 bits per heavy atom. The van der Waals surface area contributed by atoms with Gasteiger partial charge < -0.3 is 0 Å². The molecule has 1 aromatic rings. The van der Waals surface area contributed by atoms with Gasteiger partial charge in [0.05, 0.1) is 6.07 Å². The lowest BCUT2D eigenvalue weighted by Gasteiger charge is -2.02. The van der Waals surface area contributed by atoms with Crippen LogP contribution in [-0.2, 0) is 0 Å². The fourth-order valence-electron chi connectivity index (χ4n) is 1.13. The Bertz CT molecular complexity index is 343. The van der Waals surface area contributed by atoms with Crippen LogP contribution in [0.4, 0.5) is 0 Å². The third kappa shape index (κ3) is 2.61. The molecule has 2 heteroatoms. The molecule has 0 aliphatic rings. The number of benzene rings is 1. The summed E-state index contributed by atoms with van der Waals surface area (Å²) >= 11 is 5.75. The minimum atomic E-state index is 0.719. The number of halogens is 1. The van der Waals surface area contributed by atoms with E-state index in [4.69, 9.17) is 16.9 Å². The first-order chi connectivity index (χ1) is 6.27. The molecule has 0 unspecified atom stereocenters. The second-order valence-electron chi connectivity index (χ2n) is 2.66. The molecule has 66 valence electrons. The zero-order valence-corrected chi connectivity index (χ0v) is 8.17. The van der Waals surface area contributed by atoms with Crippen molar-refractivity contribution in [2.24, 2.45) is 0 Å². The molecule has 1 nitrogen and oxygen atoms in total. The highest BCUT2D eigenvalue weighted by Crippen LogP contribution is 2.19. The Kier molecular flexibility index (Phi) is 3.54. The van der Waals surface area contributed by atoms with E-state index in [0.29, 0.717) is 0 Å². The molecule has 0 N–H and O–H groups in total. The molecule has 0 aromatic heterocycles. The summed E-state index contributed by atoms with van der Waals surface area (Å²) in [5.74, 6) is 0. The molecule has 1 aromatic carbocycles. The van der Waals surface area contributed by atoms with Crippen molar-refractivity contribution in [3.63, 3.8) is 0 Å². The van der Waals surface area contributed by atoms with Gasteiger partial charge in [-0.3, -0.25) is 0 Å². The van der Waals surface area contributed by atoms with Crippen molar-refractivity contribution >= 4 is 17.2 Å². The Morgan fingerprint density at radius 1 is 1.46 bits per heavy atom. The van der Waals surface area contributed by atoms with E-state index in [1.807, 2.05) is 37.3 Å². The minimum Gasteiger partial charge on any atom is -0.193 e. The Labute approximate surface area is 83.3 Å². The number of hydrogen-bond acceptors (Lipinski definition) is 1. The summed E-state index contributed by atoms with van der Waals surface area (Å²) in [6.07, 6.45) is 2.43. The van der Waals surface area contributed by atoms with Gasteiger partial charge >= 0.3 is 0 Å². The van der Waals surface area contributed by atoms with Crippen LogP contribution in [0.3, 0.4) is 0 Å². The van der Waals surface area contributed by atoms with Crippen molar-refractivity contribution < 1.29 is 0 Å². The molecule has 0 atom stereocenters. The predicted octanol–water partition coefficient (Wildman–Crippen LogP) is 3.66. The maximum absolute atomic E-state index is 8.53. The fraction of sp³-hybridized carbons (Fsp3) is 0.182. The van der Waals surface area contributed by atoms with E-state index in [1.165, 1.54) is 0 Å². The molecule has 0 aliphatic heterocycles. The lowest BCUT2D eigenvalue weighted by molar-refractivity contribution is 1.24. The van der Waals surface area contributed by atoms with Crippen molar-refractivity contribution in [1.29, 1.82) is 5.26 Å². The zero-order chi connectivity index (χ0) is 9.68. The number of nitrogens with zero attached hydrogens (tertiary/aromatic N) is 1. The smallest absolute Gasteiger partial charge is 0.0915 e. The lowest BCUT2D eigenvalue weighted by atomic mass is 10.0. The number of nitriles is 1. The van der Waals surface area contributed by atoms with E-state index < -0.39 is 0 Å². The quantitative estimate of drug-likeness (QED) is 0.655. The molecule has 0 saturated carbocycles. The third-order valence-electron chi connectivity index (χ3n) is 1.83. The van der Waals surface area contributed by atoms with Crippen LogP contribution in [0.2, 0.25) is 5.02 Å². The second-order valence-corrected chi connectivity index (χ2v) is 3.10. The molecular formula is C11H10ClN. The average Bonchev–Trinajstić information content (AvgIpc) is 2.16. The molecule has 0 spiro atoms. The molecule has 0 saturated heterocycles. The van der Waals surface area contributed by atoms with Gasteiger partial charge in [0.2, 0.25) is 0 Å². The van der Waals surface area contributed by atoms with Gasteiger partial charge in [0.15, 0.2) is 0 Å². The fourth-order valence-corrected chi connectivity index (χ4v) is 1.26. The van der Waals surface area contributed by atoms with Crippen LogP contribution in [-0.4, -0.2) is 0 Å². The van der Waals surface area contributed by atoms with Crippen molar-refractivity contribution in [3.05, 3.63) is 40.9 Å². The highest BCUT2D eigenvalue weighted by Gasteiger charge is 1.97. The first kappa shape index (κ1) is 9.83. The Hall–Kier alpha value is -1.26. The topological polar surface area (TPSA) is 23.8 Å². The van der Waals surface area contributed by atoms with Crippen molar-refractivity contribution in [2.75, 3.05) is 0 Å². The van der Waals surface area contributed by atoms with E-state index in [-0.39, 0.29) is 0 Å². The van der Waals surface area contributed by atoms with Gasteiger partial charge in [0, 0.05) is 11.1 Å². The highest BCUT2D eigenvalue weighted by atomic mass is 35.5. The van der Waals surface area contributed by atoms with Gasteiger partial charge in [-0.05, 0) is 29.7 Å². The van der Waals surface area contributed by atoms with Crippen LogP contribution in [0.1, 0.15) is 18.9 Å². The Balaban J connectivity index is 3.01. The number of rotatable bonds is 2. The first-order valence-corrected chi connectivity index (χ1v) is 4.50. The largest absolute Gasteiger partial charge is 0.193 e. The van der Waals surface area contributed by atoms with Crippen LogP contribution in [0.5, 0.6) is 0 Å². The van der Waals surface area contributed by atoms with E-state index in [2.05, 4.69) is 0 Å². The van der Waals surface area contributed by atoms with Gasteiger partial charge in [0.25, 0.3) is 0 Å². The molecule has 1 rings (SSSR count). The SMILES string of the molecule is CC/C(=C/C#N)c1ccc(Cl)cc1. The highest BCUT2D eigenvalue weighted by molar-refractivity contribution is 6.30. The maximum atomic E-state index is 8.53. The van der Waals surface area contributed by atoms with Gasteiger partial charge in [-0.1, -0.05) is 30.7 Å². The summed E-state index contributed by atoms with van der Waals surface area (Å²) in [4.78, 5) is 0. The summed E-state index contributed by atoms with van der Waals surface area (Å²) in [5, 5.41) is 9.25. The monoisotopic (exact) mass is 191 g/mol. The van der Waals surface area contributed by atoms with Crippen molar-refractivity contribution in [3.8, 4) is 6.07 Å². The summed E-state index contributed by atoms with van der Waals surface area (Å²) in [6, 6.07) is 9.55. The van der Waals surface area contributed by atoms with Gasteiger partial charge in [-0.2, -0.15) is 5.26 Å². The Morgan fingerprint density at radius 2 is 2.08 bits per heavy atom. The summed E-state index contributed by atoms with van der Waals surface area (Å²) in [5.41, 5.74) is 2.10. The van der Waals surface area contributed by atoms with E-state index in [0.717, 1.165) is 22.6 Å². The minimum absolute atomic E-state index is 0.719. The normalized spacial score (nSPS) is 11.0. The van der Waals surface area contributed by atoms with Gasteiger partial charge in [0.1, 0.15) is 0 Å². The van der Waals surface area contributed by atoms with E-state index in [9.17, 15) is 0 Å². The number of allylic oxidation sites excluding steroid dienone is 2. The van der Waals surface area contributed by atoms with Crippen LogP contribution in [0.15, 0.2) is 30.3 Å². The molecule has 0 bridgehead atoms. The summed E-state index contributed by atoms with van der Waals surface area (Å²) < 4.78 is 0. The molecule has 0 radical (unpaired) electrons. The summed E-state index contributed by atoms with van der Waals surface area (Å²) in [7, 11) is 0. The second kappa shape index (κ2) is 4.69. The molecule has 0 amide bonds. The van der Waals surface area contributed by atoms with E-state index >= 15 is 0 Å². The number of hydrogen-bond donors (Lipinski definition) is 0. The first-order valence-electron chi connectivity index (χ1n) is 4.12. The average molecular weight is 192 g/mol. The summed E-state index contributed by atoms with van der Waals surface area (Å²) in [6.45, 7) is 2.03. The standard InChI is InChI=1S/C11H10ClN/c1-2-9(7-8-13)10-3-5-11(12)6-4-10/h3-7H,2H2,1H3/b9-7-. The van der Waals surface area contributed by atoms with E-state index in [1.54, 1.807) is 6.08 Å². The molecule has 0 fully saturated rings. The molecule has 0 heterocycles. The predicted molar refractivity (Wildman–Crippen MR) is 55.3 cm³/mol.